The van der Waals surface area contributed by atoms with Crippen LogP contribution in [-0.2, 0) is 14.3 Å². The number of carbonyl (C=O) groups excluding carboxylic acids is 2. The second-order valence-corrected chi connectivity index (χ2v) is 6.94. The largest absolute Gasteiger partial charge is 0.392 e. The SMILES string of the molecule is CCCCCCCCCCCCCCCC(=O)OC(=O)C(N)CS. The summed E-state index contributed by atoms with van der Waals surface area (Å²) in [7, 11) is 0. The summed E-state index contributed by atoms with van der Waals surface area (Å²) in [5.41, 5.74) is 5.44. The number of rotatable bonds is 16. The van der Waals surface area contributed by atoms with E-state index in [9.17, 15) is 9.59 Å². The normalized spacial score (nSPS) is 12.1. The molecule has 5 heteroatoms. The van der Waals surface area contributed by atoms with Gasteiger partial charge < -0.3 is 10.5 Å². The van der Waals surface area contributed by atoms with Crippen LogP contribution in [0.5, 0.6) is 0 Å². The van der Waals surface area contributed by atoms with E-state index in [1.54, 1.807) is 0 Å². The van der Waals surface area contributed by atoms with Crippen LogP contribution in [-0.4, -0.2) is 23.7 Å². The number of carbonyl (C=O) groups is 2. The summed E-state index contributed by atoms with van der Waals surface area (Å²) in [4.78, 5) is 22.8. The molecular formula is C19H37NO3S. The maximum Gasteiger partial charge on any atom is 0.331 e. The highest BCUT2D eigenvalue weighted by Gasteiger charge is 2.16. The molecular weight excluding hydrogens is 322 g/mol. The molecule has 0 aromatic carbocycles. The fourth-order valence-electron chi connectivity index (χ4n) is 2.60. The summed E-state index contributed by atoms with van der Waals surface area (Å²) in [5, 5.41) is 0. The van der Waals surface area contributed by atoms with Gasteiger partial charge in [0.25, 0.3) is 0 Å². The van der Waals surface area contributed by atoms with Crippen molar-refractivity contribution in [1.29, 1.82) is 0 Å². The molecule has 1 unspecified atom stereocenters. The van der Waals surface area contributed by atoms with Gasteiger partial charge in [-0.2, -0.15) is 12.6 Å². The second kappa shape index (κ2) is 17.3. The molecule has 0 saturated heterocycles. The van der Waals surface area contributed by atoms with Crippen LogP contribution in [0.4, 0.5) is 0 Å². The van der Waals surface area contributed by atoms with E-state index >= 15 is 0 Å². The van der Waals surface area contributed by atoms with Crippen LogP contribution in [0.3, 0.4) is 0 Å². The fourth-order valence-corrected chi connectivity index (χ4v) is 2.75. The van der Waals surface area contributed by atoms with E-state index in [0.717, 1.165) is 19.3 Å². The highest BCUT2D eigenvalue weighted by Crippen LogP contribution is 2.13. The molecule has 0 aromatic rings. The number of nitrogens with two attached hydrogens (primary N) is 1. The maximum absolute atomic E-state index is 11.5. The van der Waals surface area contributed by atoms with Crippen molar-refractivity contribution in [2.24, 2.45) is 5.73 Å². The average molecular weight is 360 g/mol. The van der Waals surface area contributed by atoms with Gasteiger partial charge in [0, 0.05) is 12.2 Å². The van der Waals surface area contributed by atoms with Crippen molar-refractivity contribution in [3.8, 4) is 0 Å². The van der Waals surface area contributed by atoms with Gasteiger partial charge in [0.05, 0.1) is 0 Å². The summed E-state index contributed by atoms with van der Waals surface area (Å²) in [6, 6.07) is -0.816. The Balaban J connectivity index is 3.27. The van der Waals surface area contributed by atoms with E-state index in [-0.39, 0.29) is 5.75 Å². The van der Waals surface area contributed by atoms with Crippen molar-refractivity contribution in [2.45, 2.75) is 103 Å². The Morgan fingerprint density at radius 2 is 1.25 bits per heavy atom. The fraction of sp³-hybridized carbons (Fsp3) is 0.895. The molecule has 142 valence electrons. The summed E-state index contributed by atoms with van der Waals surface area (Å²) in [6.45, 7) is 2.25. The molecule has 0 aliphatic rings. The molecule has 0 bridgehead atoms. The lowest BCUT2D eigenvalue weighted by molar-refractivity contribution is -0.160. The minimum Gasteiger partial charge on any atom is -0.392 e. The third kappa shape index (κ3) is 15.0. The van der Waals surface area contributed by atoms with Gasteiger partial charge in [-0.25, -0.2) is 4.79 Å². The first kappa shape index (κ1) is 23.4. The second-order valence-electron chi connectivity index (χ2n) is 6.57. The molecule has 0 aromatic heterocycles. The predicted molar refractivity (Wildman–Crippen MR) is 103 cm³/mol. The number of esters is 2. The van der Waals surface area contributed by atoms with E-state index in [4.69, 9.17) is 5.73 Å². The zero-order valence-electron chi connectivity index (χ0n) is 15.4. The van der Waals surface area contributed by atoms with Crippen LogP contribution in [0.2, 0.25) is 0 Å². The van der Waals surface area contributed by atoms with Crippen molar-refractivity contribution in [1.82, 2.24) is 0 Å². The van der Waals surface area contributed by atoms with Crippen LogP contribution in [0, 0.1) is 0 Å². The molecule has 2 N–H and O–H groups in total. The molecule has 0 heterocycles. The Hall–Kier alpha value is -0.550. The minimum absolute atomic E-state index is 0.185. The lowest BCUT2D eigenvalue weighted by Crippen LogP contribution is -2.35. The summed E-state index contributed by atoms with van der Waals surface area (Å²) in [5.74, 6) is -0.963. The van der Waals surface area contributed by atoms with E-state index in [1.165, 1.54) is 64.2 Å². The van der Waals surface area contributed by atoms with Gasteiger partial charge in [-0.1, -0.05) is 84.0 Å². The Bertz CT molecular complexity index is 324. The molecule has 0 spiro atoms. The van der Waals surface area contributed by atoms with Gasteiger partial charge >= 0.3 is 11.9 Å². The van der Waals surface area contributed by atoms with E-state index in [0.29, 0.717) is 6.42 Å². The number of hydrogen-bond donors (Lipinski definition) is 2. The van der Waals surface area contributed by atoms with Crippen LogP contribution in [0.15, 0.2) is 0 Å². The first-order valence-electron chi connectivity index (χ1n) is 9.72. The molecule has 0 aliphatic heterocycles. The molecule has 24 heavy (non-hydrogen) atoms. The molecule has 0 aliphatic carbocycles. The van der Waals surface area contributed by atoms with Crippen LogP contribution in [0.1, 0.15) is 96.8 Å². The lowest BCUT2D eigenvalue weighted by Gasteiger charge is -2.07. The number of ether oxygens (including phenoxy) is 1. The van der Waals surface area contributed by atoms with Gasteiger partial charge in [0.2, 0.25) is 0 Å². The lowest BCUT2D eigenvalue weighted by atomic mass is 10.0. The highest BCUT2D eigenvalue weighted by atomic mass is 32.1. The quantitative estimate of drug-likeness (QED) is 0.180. The van der Waals surface area contributed by atoms with Gasteiger partial charge in [-0.05, 0) is 6.42 Å². The van der Waals surface area contributed by atoms with Crippen LogP contribution >= 0.6 is 12.6 Å². The zero-order chi connectivity index (χ0) is 18.0. The maximum atomic E-state index is 11.5. The molecule has 0 fully saturated rings. The number of hydrogen-bond acceptors (Lipinski definition) is 5. The Morgan fingerprint density at radius 3 is 1.67 bits per heavy atom. The van der Waals surface area contributed by atoms with E-state index < -0.39 is 18.0 Å². The van der Waals surface area contributed by atoms with Crippen molar-refractivity contribution >= 4 is 24.6 Å². The number of thiol groups is 1. The van der Waals surface area contributed by atoms with Crippen molar-refractivity contribution in [3.05, 3.63) is 0 Å². The summed E-state index contributed by atoms with van der Waals surface area (Å²) in [6.07, 6.45) is 16.7. The smallest absolute Gasteiger partial charge is 0.331 e. The molecule has 4 nitrogen and oxygen atoms in total. The van der Waals surface area contributed by atoms with Gasteiger partial charge in [0.15, 0.2) is 0 Å². The molecule has 0 saturated carbocycles. The van der Waals surface area contributed by atoms with Crippen molar-refractivity contribution < 1.29 is 14.3 Å². The topological polar surface area (TPSA) is 69.4 Å². The third-order valence-corrected chi connectivity index (χ3v) is 4.59. The molecule has 0 rings (SSSR count). The minimum atomic E-state index is -0.816. The average Bonchev–Trinajstić information content (AvgIpc) is 2.58. The monoisotopic (exact) mass is 359 g/mol. The molecule has 0 radical (unpaired) electrons. The summed E-state index contributed by atoms with van der Waals surface area (Å²) < 4.78 is 4.66. The van der Waals surface area contributed by atoms with Crippen LogP contribution < -0.4 is 5.73 Å². The van der Waals surface area contributed by atoms with Gasteiger partial charge in [0.1, 0.15) is 6.04 Å². The Labute approximate surface area is 153 Å². The molecule has 1 atom stereocenters. The molecule has 0 amide bonds. The zero-order valence-corrected chi connectivity index (χ0v) is 16.3. The van der Waals surface area contributed by atoms with Gasteiger partial charge in [-0.3, -0.25) is 4.79 Å². The van der Waals surface area contributed by atoms with Gasteiger partial charge in [-0.15, -0.1) is 0 Å². The van der Waals surface area contributed by atoms with Crippen LogP contribution in [0.25, 0.3) is 0 Å². The highest BCUT2D eigenvalue weighted by molar-refractivity contribution is 7.80. The summed E-state index contributed by atoms with van der Waals surface area (Å²) >= 11 is 3.90. The first-order chi connectivity index (χ1) is 11.6. The first-order valence-corrected chi connectivity index (χ1v) is 10.4. The van der Waals surface area contributed by atoms with E-state index in [1.807, 2.05) is 0 Å². The van der Waals surface area contributed by atoms with E-state index in [2.05, 4.69) is 24.3 Å². The van der Waals surface area contributed by atoms with Crippen molar-refractivity contribution in [3.63, 3.8) is 0 Å². The third-order valence-electron chi connectivity index (χ3n) is 4.20. The predicted octanol–water partition coefficient (Wildman–Crippen LogP) is 4.79. The Morgan fingerprint density at radius 1 is 0.833 bits per heavy atom. The van der Waals surface area contributed by atoms with Crippen molar-refractivity contribution in [2.75, 3.05) is 5.75 Å². The Kier molecular flexibility index (Phi) is 16.9. The standard InChI is InChI=1S/C19H37NO3S/c1-2-3-4-5-6-7-8-9-10-11-12-13-14-15-18(21)23-19(22)17(20)16-24/h17,24H,2-16,20H2,1H3. The number of unbranched alkanes of at least 4 members (excludes halogenated alkanes) is 12.